The Morgan fingerprint density at radius 1 is 1.29 bits per heavy atom. The molecule has 1 aromatic carbocycles. The summed E-state index contributed by atoms with van der Waals surface area (Å²) < 4.78 is 24.6. The molecule has 1 aromatic rings. The molecule has 0 bridgehead atoms. The summed E-state index contributed by atoms with van der Waals surface area (Å²) in [7, 11) is -2.99. The van der Waals surface area contributed by atoms with Gasteiger partial charge >= 0.3 is 0 Å². The van der Waals surface area contributed by atoms with Crippen LogP contribution in [0.25, 0.3) is 0 Å². The van der Waals surface area contributed by atoms with Gasteiger partial charge in [-0.1, -0.05) is 25.1 Å². The Balaban J connectivity index is 1.77. The van der Waals surface area contributed by atoms with Gasteiger partial charge in [0.15, 0.2) is 9.84 Å². The molecule has 0 spiro atoms. The Morgan fingerprint density at radius 3 is 2.90 bits per heavy atom. The molecular formula is C15H21NO2S3. The molecule has 0 N–H and O–H groups in total. The number of nitrogens with zero attached hydrogens (tertiary/aromatic N) is 1. The average molecular weight is 344 g/mol. The van der Waals surface area contributed by atoms with Gasteiger partial charge in [0, 0.05) is 46.9 Å². The first kappa shape index (κ1) is 15.7. The number of benzene rings is 1. The zero-order chi connectivity index (χ0) is 14.9. The second kappa shape index (κ2) is 6.52. The maximum Gasteiger partial charge on any atom is 0.166 e. The van der Waals surface area contributed by atoms with Gasteiger partial charge in [-0.25, -0.2) is 8.42 Å². The smallest absolute Gasteiger partial charge is 0.166 e. The van der Waals surface area contributed by atoms with Gasteiger partial charge in [0.1, 0.15) is 5.37 Å². The lowest BCUT2D eigenvalue weighted by Gasteiger charge is -2.36. The fourth-order valence-electron chi connectivity index (χ4n) is 3.01. The van der Waals surface area contributed by atoms with Crippen molar-refractivity contribution in [1.82, 2.24) is 4.90 Å². The fraction of sp³-hybridized carbons (Fsp3) is 0.600. The van der Waals surface area contributed by atoms with E-state index < -0.39 is 9.84 Å². The van der Waals surface area contributed by atoms with Crippen molar-refractivity contribution in [3.8, 4) is 0 Å². The third kappa shape index (κ3) is 3.28. The van der Waals surface area contributed by atoms with Gasteiger partial charge in [0.05, 0.1) is 0 Å². The highest BCUT2D eigenvalue weighted by molar-refractivity contribution is 8.01. The Morgan fingerprint density at radius 2 is 2.10 bits per heavy atom. The molecule has 1 saturated heterocycles. The molecule has 1 fully saturated rings. The number of rotatable bonds is 4. The van der Waals surface area contributed by atoms with Crippen LogP contribution in [0.2, 0.25) is 0 Å². The van der Waals surface area contributed by atoms with E-state index in [0.29, 0.717) is 5.92 Å². The maximum atomic E-state index is 12.3. The molecule has 116 valence electrons. The normalized spacial score (nSPS) is 26.7. The molecule has 3 nitrogen and oxygen atoms in total. The van der Waals surface area contributed by atoms with E-state index >= 15 is 0 Å². The van der Waals surface area contributed by atoms with Crippen LogP contribution in [0.4, 0.5) is 0 Å². The molecule has 0 radical (unpaired) electrons. The minimum Gasteiger partial charge on any atom is -0.285 e. The van der Waals surface area contributed by atoms with Gasteiger partial charge in [-0.3, -0.25) is 4.90 Å². The molecule has 2 aliphatic rings. The quantitative estimate of drug-likeness (QED) is 0.840. The van der Waals surface area contributed by atoms with Crippen LogP contribution in [0, 0.1) is 0 Å². The average Bonchev–Trinajstić information content (AvgIpc) is 2.91. The summed E-state index contributed by atoms with van der Waals surface area (Å²) in [5.74, 6) is 3.53. The van der Waals surface area contributed by atoms with E-state index in [4.69, 9.17) is 0 Å². The van der Waals surface area contributed by atoms with Gasteiger partial charge in [0.25, 0.3) is 0 Å². The van der Waals surface area contributed by atoms with Crippen LogP contribution in [0.15, 0.2) is 29.2 Å². The molecule has 3 rings (SSSR count). The molecular weight excluding hydrogens is 322 g/mol. The van der Waals surface area contributed by atoms with Crippen molar-refractivity contribution < 1.29 is 8.42 Å². The van der Waals surface area contributed by atoms with E-state index in [-0.39, 0.29) is 11.1 Å². The van der Waals surface area contributed by atoms with Crippen molar-refractivity contribution in [2.24, 2.45) is 0 Å². The number of hydrogen-bond donors (Lipinski definition) is 0. The highest BCUT2D eigenvalue weighted by atomic mass is 32.2. The van der Waals surface area contributed by atoms with Crippen LogP contribution in [-0.2, 0) is 9.84 Å². The molecule has 0 aromatic heterocycles. The number of sulfone groups is 1. The topological polar surface area (TPSA) is 37.4 Å². The van der Waals surface area contributed by atoms with E-state index in [1.165, 1.54) is 10.5 Å². The lowest BCUT2D eigenvalue weighted by Crippen LogP contribution is -2.49. The fourth-order valence-corrected chi connectivity index (χ4v) is 7.34. The van der Waals surface area contributed by atoms with Crippen molar-refractivity contribution in [3.63, 3.8) is 0 Å². The molecule has 0 saturated carbocycles. The minimum absolute atomic E-state index is 0.241. The van der Waals surface area contributed by atoms with E-state index in [9.17, 15) is 8.42 Å². The first-order chi connectivity index (χ1) is 10.1. The minimum atomic E-state index is -2.99. The summed E-state index contributed by atoms with van der Waals surface area (Å²) in [6.07, 6.45) is 0. The Hall–Kier alpha value is -0.170. The van der Waals surface area contributed by atoms with E-state index in [2.05, 4.69) is 29.2 Å². The lowest BCUT2D eigenvalue weighted by molar-refractivity contribution is 0.258. The Kier molecular flexibility index (Phi) is 4.88. The summed E-state index contributed by atoms with van der Waals surface area (Å²) in [5.41, 5.74) is 1.40. The SMILES string of the molecule is CCS(=O)(=O)C1CSCCN1CC1CSc2ccccc21. The van der Waals surface area contributed by atoms with Crippen molar-refractivity contribution >= 4 is 33.4 Å². The number of fused-ring (bicyclic) bond motifs is 1. The standard InChI is InChI=1S/C15H21NO2S3/c1-2-21(17,18)15-11-19-8-7-16(15)9-12-10-20-14-6-4-3-5-13(12)14/h3-6,12,15H,2,7-11H2,1H3. The van der Waals surface area contributed by atoms with Crippen molar-refractivity contribution in [3.05, 3.63) is 29.8 Å². The molecule has 0 aliphatic carbocycles. The Bertz CT molecular complexity index is 603. The molecule has 6 heteroatoms. The van der Waals surface area contributed by atoms with Gasteiger partial charge in [-0.05, 0) is 11.6 Å². The summed E-state index contributed by atoms with van der Waals surface area (Å²) in [6, 6.07) is 8.54. The van der Waals surface area contributed by atoms with E-state index in [1.54, 1.807) is 18.7 Å². The van der Waals surface area contributed by atoms with Crippen LogP contribution in [-0.4, -0.2) is 54.8 Å². The van der Waals surface area contributed by atoms with Gasteiger partial charge in [-0.2, -0.15) is 11.8 Å². The maximum absolute atomic E-state index is 12.3. The van der Waals surface area contributed by atoms with Gasteiger partial charge in [-0.15, -0.1) is 11.8 Å². The highest BCUT2D eigenvalue weighted by Gasteiger charge is 2.35. The predicted octanol–water partition coefficient (Wildman–Crippen LogP) is 2.69. The zero-order valence-electron chi connectivity index (χ0n) is 12.2. The van der Waals surface area contributed by atoms with Crippen LogP contribution in [0.5, 0.6) is 0 Å². The van der Waals surface area contributed by atoms with Crippen LogP contribution >= 0.6 is 23.5 Å². The van der Waals surface area contributed by atoms with Gasteiger partial charge < -0.3 is 0 Å². The predicted molar refractivity (Wildman–Crippen MR) is 92.1 cm³/mol. The summed E-state index contributed by atoms with van der Waals surface area (Å²) >= 11 is 3.66. The second-order valence-corrected chi connectivity index (χ2v) is 10.2. The molecule has 2 heterocycles. The first-order valence-electron chi connectivity index (χ1n) is 7.37. The molecule has 0 amide bonds. The third-order valence-corrected chi connectivity index (χ3v) is 8.85. The zero-order valence-corrected chi connectivity index (χ0v) is 14.6. The number of thioether (sulfide) groups is 2. The first-order valence-corrected chi connectivity index (χ1v) is 11.2. The second-order valence-electron chi connectivity index (χ2n) is 5.52. The van der Waals surface area contributed by atoms with E-state index in [0.717, 1.165) is 30.3 Å². The lowest BCUT2D eigenvalue weighted by atomic mass is 10.0. The highest BCUT2D eigenvalue weighted by Crippen LogP contribution is 2.40. The third-order valence-electron chi connectivity index (χ3n) is 4.26. The van der Waals surface area contributed by atoms with Crippen LogP contribution < -0.4 is 0 Å². The summed E-state index contributed by atoms with van der Waals surface area (Å²) in [5, 5.41) is -0.293. The van der Waals surface area contributed by atoms with Crippen molar-refractivity contribution in [2.75, 3.05) is 36.1 Å². The largest absolute Gasteiger partial charge is 0.285 e. The molecule has 2 aliphatic heterocycles. The van der Waals surface area contributed by atoms with Crippen LogP contribution in [0.3, 0.4) is 0 Å². The van der Waals surface area contributed by atoms with Gasteiger partial charge in [0.2, 0.25) is 0 Å². The van der Waals surface area contributed by atoms with Crippen molar-refractivity contribution in [2.45, 2.75) is 23.1 Å². The molecule has 2 atom stereocenters. The monoisotopic (exact) mass is 343 g/mol. The summed E-state index contributed by atoms with van der Waals surface area (Å²) in [4.78, 5) is 3.58. The number of hydrogen-bond acceptors (Lipinski definition) is 5. The molecule has 21 heavy (non-hydrogen) atoms. The Labute approximate surface area is 135 Å². The molecule has 2 unspecified atom stereocenters. The van der Waals surface area contributed by atoms with E-state index in [1.807, 2.05) is 11.8 Å². The van der Waals surface area contributed by atoms with Crippen molar-refractivity contribution in [1.29, 1.82) is 0 Å². The summed E-state index contributed by atoms with van der Waals surface area (Å²) in [6.45, 7) is 3.51. The van der Waals surface area contributed by atoms with Crippen LogP contribution in [0.1, 0.15) is 18.4 Å².